The molecule has 1 aliphatic rings. The van der Waals surface area contributed by atoms with E-state index in [2.05, 4.69) is 4.90 Å². The summed E-state index contributed by atoms with van der Waals surface area (Å²) in [4.78, 5) is 15.3. The molecular weight excluding hydrogens is 184 g/mol. The van der Waals surface area contributed by atoms with Gasteiger partial charge in [0.1, 0.15) is 6.61 Å². The van der Waals surface area contributed by atoms with Crippen molar-refractivity contribution in [1.82, 2.24) is 9.80 Å². The molecule has 0 radical (unpaired) electrons. The standard InChI is InChI=1S/C9H18N2O3/c1-10-3-2-4-11(6-5-10)9(13)14-8-7-12/h12H,2-8H2,1H3. The maximum atomic E-state index is 11.4. The minimum Gasteiger partial charge on any atom is -0.447 e. The Labute approximate surface area is 84.2 Å². The first kappa shape index (κ1) is 11.3. The number of aliphatic hydroxyl groups is 1. The topological polar surface area (TPSA) is 53.0 Å². The van der Waals surface area contributed by atoms with Crippen LogP contribution in [0.2, 0.25) is 0 Å². The molecule has 1 aliphatic heterocycles. The molecular formula is C9H18N2O3. The Morgan fingerprint density at radius 2 is 2.14 bits per heavy atom. The predicted molar refractivity (Wildman–Crippen MR) is 52.1 cm³/mol. The fourth-order valence-corrected chi connectivity index (χ4v) is 1.45. The lowest BCUT2D eigenvalue weighted by molar-refractivity contribution is 0.0854. The van der Waals surface area contributed by atoms with Gasteiger partial charge in [0.25, 0.3) is 0 Å². The quantitative estimate of drug-likeness (QED) is 0.671. The average molecular weight is 202 g/mol. The van der Waals surface area contributed by atoms with Crippen molar-refractivity contribution in [3.05, 3.63) is 0 Å². The van der Waals surface area contributed by atoms with Crippen molar-refractivity contribution < 1.29 is 14.6 Å². The fourth-order valence-electron chi connectivity index (χ4n) is 1.45. The summed E-state index contributed by atoms with van der Waals surface area (Å²) in [7, 11) is 2.04. The molecule has 5 heteroatoms. The Morgan fingerprint density at radius 3 is 2.86 bits per heavy atom. The maximum Gasteiger partial charge on any atom is 0.409 e. The molecule has 1 rings (SSSR count). The van der Waals surface area contributed by atoms with Crippen LogP contribution in [-0.2, 0) is 4.74 Å². The molecule has 1 fully saturated rings. The van der Waals surface area contributed by atoms with Crippen LogP contribution in [0.1, 0.15) is 6.42 Å². The Kier molecular flexibility index (Phi) is 4.69. The van der Waals surface area contributed by atoms with Gasteiger partial charge in [-0.3, -0.25) is 0 Å². The first-order valence-corrected chi connectivity index (χ1v) is 4.95. The molecule has 1 saturated heterocycles. The number of amides is 1. The van der Waals surface area contributed by atoms with Crippen LogP contribution < -0.4 is 0 Å². The van der Waals surface area contributed by atoms with Crippen LogP contribution in [0, 0.1) is 0 Å². The zero-order valence-electron chi connectivity index (χ0n) is 8.61. The van der Waals surface area contributed by atoms with Crippen LogP contribution in [0.4, 0.5) is 4.79 Å². The largest absolute Gasteiger partial charge is 0.447 e. The van der Waals surface area contributed by atoms with Gasteiger partial charge in [0.15, 0.2) is 0 Å². The molecule has 0 spiro atoms. The van der Waals surface area contributed by atoms with Gasteiger partial charge < -0.3 is 19.6 Å². The van der Waals surface area contributed by atoms with Crippen molar-refractivity contribution in [2.45, 2.75) is 6.42 Å². The molecule has 5 nitrogen and oxygen atoms in total. The van der Waals surface area contributed by atoms with E-state index in [-0.39, 0.29) is 19.3 Å². The second-order valence-corrected chi connectivity index (χ2v) is 3.48. The summed E-state index contributed by atoms with van der Waals surface area (Å²) < 4.78 is 4.84. The molecule has 1 N–H and O–H groups in total. The number of hydrogen-bond acceptors (Lipinski definition) is 4. The molecule has 0 aromatic rings. The van der Waals surface area contributed by atoms with Crippen molar-refractivity contribution in [2.75, 3.05) is 46.4 Å². The molecule has 0 atom stereocenters. The van der Waals surface area contributed by atoms with Crippen molar-refractivity contribution in [3.63, 3.8) is 0 Å². The molecule has 82 valence electrons. The van der Waals surface area contributed by atoms with Gasteiger partial charge in [0.05, 0.1) is 6.61 Å². The van der Waals surface area contributed by atoms with E-state index in [0.29, 0.717) is 6.54 Å². The van der Waals surface area contributed by atoms with E-state index in [4.69, 9.17) is 9.84 Å². The maximum absolute atomic E-state index is 11.4. The molecule has 0 saturated carbocycles. The third-order valence-corrected chi connectivity index (χ3v) is 2.29. The van der Waals surface area contributed by atoms with Crippen molar-refractivity contribution in [2.24, 2.45) is 0 Å². The SMILES string of the molecule is CN1CCCN(C(=O)OCCO)CC1. The third-order valence-electron chi connectivity index (χ3n) is 2.29. The Hall–Kier alpha value is -0.810. The predicted octanol–water partition coefficient (Wildman–Crippen LogP) is -0.247. The van der Waals surface area contributed by atoms with E-state index < -0.39 is 0 Å². The van der Waals surface area contributed by atoms with Gasteiger partial charge in [0, 0.05) is 19.6 Å². The van der Waals surface area contributed by atoms with Crippen molar-refractivity contribution in [1.29, 1.82) is 0 Å². The van der Waals surface area contributed by atoms with Crippen LogP contribution in [0.3, 0.4) is 0 Å². The molecule has 0 aromatic heterocycles. The van der Waals surface area contributed by atoms with E-state index in [9.17, 15) is 4.79 Å². The summed E-state index contributed by atoms with van der Waals surface area (Å²) >= 11 is 0. The van der Waals surface area contributed by atoms with Crippen molar-refractivity contribution >= 4 is 6.09 Å². The van der Waals surface area contributed by atoms with E-state index in [1.54, 1.807) is 4.90 Å². The first-order chi connectivity index (χ1) is 6.74. The average Bonchev–Trinajstić information content (AvgIpc) is 2.39. The number of hydrogen-bond donors (Lipinski definition) is 1. The molecule has 0 unspecified atom stereocenters. The van der Waals surface area contributed by atoms with Gasteiger partial charge in [-0.2, -0.15) is 0 Å². The normalized spacial score (nSPS) is 19.1. The summed E-state index contributed by atoms with van der Waals surface area (Å²) in [5, 5.41) is 8.51. The molecule has 0 bridgehead atoms. The van der Waals surface area contributed by atoms with E-state index in [1.807, 2.05) is 7.05 Å². The third kappa shape index (κ3) is 3.51. The number of aliphatic hydroxyl groups excluding tert-OH is 1. The molecule has 1 amide bonds. The highest BCUT2D eigenvalue weighted by Gasteiger charge is 2.17. The van der Waals surface area contributed by atoms with Gasteiger partial charge in [-0.25, -0.2) is 4.79 Å². The van der Waals surface area contributed by atoms with Gasteiger partial charge in [-0.15, -0.1) is 0 Å². The zero-order valence-corrected chi connectivity index (χ0v) is 8.61. The second kappa shape index (κ2) is 5.82. The van der Waals surface area contributed by atoms with Crippen LogP contribution in [0.15, 0.2) is 0 Å². The number of likely N-dealkylation sites (N-methyl/N-ethyl adjacent to an activating group) is 1. The number of rotatable bonds is 2. The smallest absolute Gasteiger partial charge is 0.409 e. The number of ether oxygens (including phenoxy) is 1. The Bertz CT molecular complexity index is 187. The van der Waals surface area contributed by atoms with Crippen LogP contribution in [-0.4, -0.2) is 67.4 Å². The van der Waals surface area contributed by atoms with Crippen molar-refractivity contribution in [3.8, 4) is 0 Å². The molecule has 14 heavy (non-hydrogen) atoms. The summed E-state index contributed by atoms with van der Waals surface area (Å²) in [5.41, 5.74) is 0. The number of carbonyl (C=O) groups is 1. The minimum absolute atomic E-state index is 0.0885. The Balaban J connectivity index is 2.31. The van der Waals surface area contributed by atoms with E-state index in [0.717, 1.165) is 26.1 Å². The van der Waals surface area contributed by atoms with E-state index >= 15 is 0 Å². The summed E-state index contributed by atoms with van der Waals surface area (Å²) in [5.74, 6) is 0. The second-order valence-electron chi connectivity index (χ2n) is 3.48. The van der Waals surface area contributed by atoms with Crippen LogP contribution >= 0.6 is 0 Å². The highest BCUT2D eigenvalue weighted by atomic mass is 16.6. The lowest BCUT2D eigenvalue weighted by Crippen LogP contribution is -2.35. The highest BCUT2D eigenvalue weighted by molar-refractivity contribution is 5.67. The summed E-state index contributed by atoms with van der Waals surface area (Å²) in [6, 6.07) is 0. The van der Waals surface area contributed by atoms with Crippen LogP contribution in [0.5, 0.6) is 0 Å². The van der Waals surface area contributed by atoms with Gasteiger partial charge >= 0.3 is 6.09 Å². The summed E-state index contributed by atoms with van der Waals surface area (Å²) in [6.45, 7) is 3.33. The zero-order chi connectivity index (χ0) is 10.4. The lowest BCUT2D eigenvalue weighted by Gasteiger charge is -2.19. The van der Waals surface area contributed by atoms with Gasteiger partial charge in [-0.05, 0) is 20.0 Å². The molecule has 1 heterocycles. The van der Waals surface area contributed by atoms with E-state index in [1.165, 1.54) is 0 Å². The van der Waals surface area contributed by atoms with Crippen LogP contribution in [0.25, 0.3) is 0 Å². The molecule has 0 aromatic carbocycles. The summed E-state index contributed by atoms with van der Waals surface area (Å²) in [6.07, 6.45) is 0.666. The number of nitrogens with zero attached hydrogens (tertiary/aromatic N) is 2. The number of carbonyl (C=O) groups excluding carboxylic acids is 1. The molecule has 0 aliphatic carbocycles. The van der Waals surface area contributed by atoms with Gasteiger partial charge in [-0.1, -0.05) is 0 Å². The lowest BCUT2D eigenvalue weighted by atomic mass is 10.4. The Morgan fingerprint density at radius 1 is 1.36 bits per heavy atom. The fraction of sp³-hybridized carbons (Fsp3) is 0.889. The monoisotopic (exact) mass is 202 g/mol. The van der Waals surface area contributed by atoms with Gasteiger partial charge in [0.2, 0.25) is 0 Å². The highest BCUT2D eigenvalue weighted by Crippen LogP contribution is 2.02. The minimum atomic E-state index is -0.311. The first-order valence-electron chi connectivity index (χ1n) is 4.95.